The van der Waals surface area contributed by atoms with E-state index in [4.69, 9.17) is 10.5 Å². The van der Waals surface area contributed by atoms with E-state index < -0.39 is 17.5 Å². The molecule has 0 atom stereocenters. The maximum Gasteiger partial charge on any atom is 0.418 e. The van der Waals surface area contributed by atoms with Crippen LogP contribution in [0.25, 0.3) is 0 Å². The number of alkyl halides is 3. The minimum Gasteiger partial charge on any atom is -0.369 e. The van der Waals surface area contributed by atoms with Crippen molar-refractivity contribution in [1.29, 1.82) is 10.5 Å². The number of hydrogen-bond donors (Lipinski definition) is 1. The number of hydrogen-bond acceptors (Lipinski definition) is 6. The van der Waals surface area contributed by atoms with Crippen LogP contribution in [0, 0.1) is 22.7 Å². The highest BCUT2D eigenvalue weighted by Crippen LogP contribution is 2.37. The second-order valence-corrected chi connectivity index (χ2v) is 6.77. The largest absolute Gasteiger partial charge is 0.418 e. The lowest BCUT2D eigenvalue weighted by molar-refractivity contribution is -0.136. The molecule has 154 valence electrons. The van der Waals surface area contributed by atoms with E-state index in [9.17, 15) is 13.2 Å². The average Bonchev–Trinajstić information content (AvgIpc) is 2.75. The van der Waals surface area contributed by atoms with Gasteiger partial charge in [0.2, 0.25) is 5.71 Å². The fourth-order valence-electron chi connectivity index (χ4n) is 3.26. The third-order valence-corrected chi connectivity index (χ3v) is 4.79. The fourth-order valence-corrected chi connectivity index (χ4v) is 3.26. The first-order chi connectivity index (χ1) is 14.4. The molecule has 0 radical (unpaired) electrons. The molecule has 2 aromatic rings. The van der Waals surface area contributed by atoms with Crippen molar-refractivity contribution in [3.05, 3.63) is 59.7 Å². The van der Waals surface area contributed by atoms with Crippen molar-refractivity contribution in [2.24, 2.45) is 5.10 Å². The van der Waals surface area contributed by atoms with Crippen LogP contribution < -0.4 is 10.3 Å². The molecule has 0 bridgehead atoms. The van der Waals surface area contributed by atoms with Crippen LogP contribution in [0.2, 0.25) is 0 Å². The molecule has 30 heavy (non-hydrogen) atoms. The molecule has 0 aromatic heterocycles. The highest BCUT2D eigenvalue weighted by Gasteiger charge is 2.34. The molecule has 9 heteroatoms. The van der Waals surface area contributed by atoms with Crippen LogP contribution >= 0.6 is 0 Å². The van der Waals surface area contributed by atoms with E-state index in [0.29, 0.717) is 18.8 Å². The Morgan fingerprint density at radius 1 is 1.00 bits per heavy atom. The maximum atomic E-state index is 13.5. The van der Waals surface area contributed by atoms with Crippen molar-refractivity contribution in [2.45, 2.75) is 12.7 Å². The highest BCUT2D eigenvalue weighted by atomic mass is 19.4. The Balaban J connectivity index is 1.72. The Bertz CT molecular complexity index is 965. The highest BCUT2D eigenvalue weighted by molar-refractivity contribution is 6.10. The van der Waals surface area contributed by atoms with E-state index >= 15 is 0 Å². The fraction of sp³-hybridized carbons (Fsp3) is 0.286. The van der Waals surface area contributed by atoms with Gasteiger partial charge in [0, 0.05) is 38.4 Å². The summed E-state index contributed by atoms with van der Waals surface area (Å²) in [6.45, 7) is 3.52. The summed E-state index contributed by atoms with van der Waals surface area (Å²) >= 11 is 0. The standard InChI is InChI=1S/C21H19F3N6/c22-21(23,24)19-12-18(6-7-20(19)28-27-17(13-25)14-26)30-10-8-29(9-11-30)15-16-4-2-1-3-5-16/h1-7,12,28H,8-11,15H2. The number of nitriles is 2. The third kappa shape index (κ3) is 5.28. The second kappa shape index (κ2) is 9.29. The molecule has 1 heterocycles. The van der Waals surface area contributed by atoms with Gasteiger partial charge in [-0.25, -0.2) is 0 Å². The van der Waals surface area contributed by atoms with Crippen LogP contribution in [0.3, 0.4) is 0 Å². The molecule has 6 nitrogen and oxygen atoms in total. The summed E-state index contributed by atoms with van der Waals surface area (Å²) in [5.74, 6) is 0. The number of halogens is 3. The number of hydrazone groups is 1. The molecule has 0 unspecified atom stereocenters. The Labute approximate surface area is 172 Å². The van der Waals surface area contributed by atoms with Gasteiger partial charge in [0.15, 0.2) is 0 Å². The van der Waals surface area contributed by atoms with Gasteiger partial charge in [0.05, 0.1) is 11.3 Å². The molecular weight excluding hydrogens is 393 g/mol. The molecule has 0 saturated carbocycles. The molecule has 1 aliphatic rings. The van der Waals surface area contributed by atoms with Crippen LogP contribution in [-0.2, 0) is 12.7 Å². The molecule has 1 aliphatic heterocycles. The van der Waals surface area contributed by atoms with Crippen molar-refractivity contribution in [2.75, 3.05) is 36.5 Å². The molecule has 3 rings (SSSR count). The molecule has 1 saturated heterocycles. The van der Waals surface area contributed by atoms with Gasteiger partial charge in [0.25, 0.3) is 0 Å². The minimum atomic E-state index is -4.61. The topological polar surface area (TPSA) is 78.4 Å². The smallest absolute Gasteiger partial charge is 0.369 e. The lowest BCUT2D eigenvalue weighted by atomic mass is 10.1. The Morgan fingerprint density at radius 2 is 1.67 bits per heavy atom. The predicted molar refractivity (Wildman–Crippen MR) is 108 cm³/mol. The molecule has 2 aromatic carbocycles. The minimum absolute atomic E-state index is 0.308. The van der Waals surface area contributed by atoms with E-state index in [-0.39, 0.29) is 5.69 Å². The molecule has 0 aliphatic carbocycles. The van der Waals surface area contributed by atoms with Crippen molar-refractivity contribution >= 4 is 17.1 Å². The number of nitrogens with zero attached hydrogens (tertiary/aromatic N) is 5. The van der Waals surface area contributed by atoms with Gasteiger partial charge >= 0.3 is 6.18 Å². The van der Waals surface area contributed by atoms with E-state index in [2.05, 4.69) is 27.6 Å². The lowest BCUT2D eigenvalue weighted by Crippen LogP contribution is -2.46. The molecule has 1 N–H and O–H groups in total. The Kier molecular flexibility index (Phi) is 6.55. The first kappa shape index (κ1) is 21.2. The van der Waals surface area contributed by atoms with Crippen molar-refractivity contribution in [1.82, 2.24) is 4.90 Å². The SMILES string of the molecule is N#CC(C#N)=NNc1ccc(N2CCN(Cc3ccccc3)CC2)cc1C(F)(F)F. The first-order valence-corrected chi connectivity index (χ1v) is 9.27. The summed E-state index contributed by atoms with van der Waals surface area (Å²) in [6, 6.07) is 17.0. The van der Waals surface area contributed by atoms with Crippen LogP contribution in [0.5, 0.6) is 0 Å². The van der Waals surface area contributed by atoms with Crippen molar-refractivity contribution in [3.63, 3.8) is 0 Å². The second-order valence-electron chi connectivity index (χ2n) is 6.77. The van der Waals surface area contributed by atoms with Gasteiger partial charge in [0.1, 0.15) is 12.1 Å². The van der Waals surface area contributed by atoms with Crippen LogP contribution in [0.4, 0.5) is 24.5 Å². The van der Waals surface area contributed by atoms with Crippen LogP contribution in [-0.4, -0.2) is 36.8 Å². The Morgan fingerprint density at radius 3 is 2.27 bits per heavy atom. The number of rotatable bonds is 5. The van der Waals surface area contributed by atoms with E-state index in [1.165, 1.54) is 23.8 Å². The van der Waals surface area contributed by atoms with Gasteiger partial charge in [-0.1, -0.05) is 30.3 Å². The van der Waals surface area contributed by atoms with Crippen LogP contribution in [0.1, 0.15) is 11.1 Å². The molecule has 0 amide bonds. The average molecular weight is 412 g/mol. The summed E-state index contributed by atoms with van der Waals surface area (Å²) in [6.07, 6.45) is -4.61. The first-order valence-electron chi connectivity index (χ1n) is 9.27. The maximum absolute atomic E-state index is 13.5. The molecule has 0 spiro atoms. The van der Waals surface area contributed by atoms with Crippen molar-refractivity contribution in [3.8, 4) is 12.1 Å². The lowest BCUT2D eigenvalue weighted by Gasteiger charge is -2.36. The van der Waals surface area contributed by atoms with Gasteiger partial charge in [-0.2, -0.15) is 28.8 Å². The number of nitrogens with one attached hydrogen (secondary N) is 1. The van der Waals surface area contributed by atoms with E-state index in [1.54, 1.807) is 6.07 Å². The zero-order valence-corrected chi connectivity index (χ0v) is 16.0. The summed E-state index contributed by atoms with van der Waals surface area (Å²) in [5.41, 5.74) is 2.10. The number of anilines is 2. The summed E-state index contributed by atoms with van der Waals surface area (Å²) in [4.78, 5) is 4.19. The van der Waals surface area contributed by atoms with Gasteiger partial charge in [-0.15, -0.1) is 0 Å². The number of piperazine rings is 1. The van der Waals surface area contributed by atoms with Crippen molar-refractivity contribution < 1.29 is 13.2 Å². The third-order valence-electron chi connectivity index (χ3n) is 4.79. The van der Waals surface area contributed by atoms with Gasteiger partial charge < -0.3 is 4.90 Å². The van der Waals surface area contributed by atoms with Crippen LogP contribution in [0.15, 0.2) is 53.6 Å². The summed E-state index contributed by atoms with van der Waals surface area (Å²) in [7, 11) is 0. The monoisotopic (exact) mass is 412 g/mol. The van der Waals surface area contributed by atoms with E-state index in [1.807, 2.05) is 23.1 Å². The van der Waals surface area contributed by atoms with Gasteiger partial charge in [-0.3, -0.25) is 10.3 Å². The zero-order valence-electron chi connectivity index (χ0n) is 16.0. The predicted octanol–water partition coefficient (Wildman–Crippen LogP) is 3.84. The number of benzene rings is 2. The summed E-state index contributed by atoms with van der Waals surface area (Å²) < 4.78 is 40.6. The molecule has 1 fully saturated rings. The Hall–Kier alpha value is -3.56. The van der Waals surface area contributed by atoms with E-state index in [0.717, 1.165) is 25.7 Å². The van der Waals surface area contributed by atoms with Gasteiger partial charge in [-0.05, 0) is 23.8 Å². The quantitative estimate of drug-likeness (QED) is 0.596. The summed E-state index contributed by atoms with van der Waals surface area (Å²) in [5, 5.41) is 20.8. The normalized spacial score (nSPS) is 14.5. The zero-order chi connectivity index (χ0) is 21.6. The molecular formula is C21H19F3N6.